The van der Waals surface area contributed by atoms with Crippen LogP contribution in [0.25, 0.3) is 0 Å². The number of carbonyl (C=O) groups is 3. The Morgan fingerprint density at radius 2 is 1.02 bits per heavy atom. The number of nitrogens with two attached hydrogens (primary N) is 1. The number of rotatable bonds is 45. The van der Waals surface area contributed by atoms with E-state index in [2.05, 4.69) is 42.7 Å². The molecular weight excluding hydrogens is 813 g/mol. The van der Waals surface area contributed by atoms with Gasteiger partial charge in [-0.05, 0) is 51.4 Å². The summed E-state index contributed by atoms with van der Waals surface area (Å²) in [5.41, 5.74) is 5.33. The van der Waals surface area contributed by atoms with E-state index >= 15 is 0 Å². The van der Waals surface area contributed by atoms with E-state index < -0.39 is 69.9 Å². The second kappa shape index (κ2) is 42.6. The Morgan fingerprint density at radius 1 is 0.565 bits per heavy atom. The molecule has 362 valence electrons. The number of carbonyl (C=O) groups excluding carboxylic acids is 2. The van der Waals surface area contributed by atoms with E-state index in [-0.39, 0.29) is 32.1 Å². The highest BCUT2D eigenvalue weighted by Gasteiger charge is 2.28. The molecule has 0 aliphatic heterocycles. The van der Waals surface area contributed by atoms with E-state index in [0.717, 1.165) is 38.5 Å². The SMILES string of the molecule is CCCCC/C=C\C/C=C\C/C=C\CC(O)C(O)CCCC(=O)OC[C@H](COP(=O)(O)OC[C@H](N)C(=O)O)OC(=O)CCCCCCCCCCCCCCCCCCCCC. The lowest BCUT2D eigenvalue weighted by molar-refractivity contribution is -0.161. The lowest BCUT2D eigenvalue weighted by Crippen LogP contribution is -2.34. The first-order chi connectivity index (χ1) is 29.9. The van der Waals surface area contributed by atoms with Crippen molar-refractivity contribution < 1.29 is 57.7 Å². The van der Waals surface area contributed by atoms with Gasteiger partial charge in [-0.15, -0.1) is 0 Å². The van der Waals surface area contributed by atoms with Crippen molar-refractivity contribution in [2.24, 2.45) is 5.73 Å². The third-order valence-corrected chi connectivity index (χ3v) is 11.5. The smallest absolute Gasteiger partial charge is 0.472 e. The van der Waals surface area contributed by atoms with Crippen molar-refractivity contribution in [3.8, 4) is 0 Å². The van der Waals surface area contributed by atoms with Crippen LogP contribution in [-0.2, 0) is 37.5 Å². The number of carboxylic acids is 1. The number of aliphatic hydroxyl groups excluding tert-OH is 2. The molecule has 0 rings (SSSR count). The van der Waals surface area contributed by atoms with Crippen LogP contribution in [0.2, 0.25) is 0 Å². The minimum absolute atomic E-state index is 0.0903. The molecule has 0 aromatic carbocycles. The molecule has 3 unspecified atom stereocenters. The van der Waals surface area contributed by atoms with Gasteiger partial charge >= 0.3 is 25.7 Å². The van der Waals surface area contributed by atoms with Gasteiger partial charge in [0.2, 0.25) is 0 Å². The highest BCUT2D eigenvalue weighted by molar-refractivity contribution is 7.47. The van der Waals surface area contributed by atoms with Crippen molar-refractivity contribution >= 4 is 25.7 Å². The Morgan fingerprint density at radius 3 is 1.55 bits per heavy atom. The predicted octanol–water partition coefficient (Wildman–Crippen LogP) is 11.1. The molecule has 0 aromatic heterocycles. The van der Waals surface area contributed by atoms with Crippen molar-refractivity contribution in [1.82, 2.24) is 0 Å². The van der Waals surface area contributed by atoms with E-state index in [1.807, 2.05) is 12.2 Å². The minimum atomic E-state index is -4.79. The van der Waals surface area contributed by atoms with Crippen LogP contribution in [0.15, 0.2) is 36.5 Å². The maximum atomic E-state index is 12.7. The van der Waals surface area contributed by atoms with Crippen LogP contribution in [0, 0.1) is 0 Å². The fraction of sp³-hybridized carbons (Fsp3) is 0.812. The quantitative estimate of drug-likeness (QED) is 0.0167. The molecule has 0 amide bonds. The van der Waals surface area contributed by atoms with Gasteiger partial charge in [-0.25, -0.2) is 4.57 Å². The number of phosphoric ester groups is 1. The van der Waals surface area contributed by atoms with E-state index in [0.29, 0.717) is 6.42 Å². The number of hydrogen-bond acceptors (Lipinski definition) is 11. The third-order valence-electron chi connectivity index (χ3n) is 10.6. The number of unbranched alkanes of at least 4 members (excludes halogenated alkanes) is 21. The summed E-state index contributed by atoms with van der Waals surface area (Å²) >= 11 is 0. The first-order valence-electron chi connectivity index (χ1n) is 24.2. The zero-order valence-corrected chi connectivity index (χ0v) is 39.6. The van der Waals surface area contributed by atoms with Crippen molar-refractivity contribution in [2.75, 3.05) is 19.8 Å². The second-order valence-corrected chi connectivity index (χ2v) is 18.0. The van der Waals surface area contributed by atoms with Crippen molar-refractivity contribution in [1.29, 1.82) is 0 Å². The van der Waals surface area contributed by atoms with Gasteiger partial charge in [0.25, 0.3) is 0 Å². The lowest BCUT2D eigenvalue weighted by Gasteiger charge is -2.20. The molecule has 14 heteroatoms. The zero-order valence-electron chi connectivity index (χ0n) is 38.7. The Balaban J connectivity index is 4.49. The van der Waals surface area contributed by atoms with Crippen molar-refractivity contribution in [3.05, 3.63) is 36.5 Å². The Bertz CT molecular complexity index is 1230. The number of aliphatic hydroxyl groups is 2. The largest absolute Gasteiger partial charge is 0.480 e. The molecule has 0 fully saturated rings. The summed E-state index contributed by atoms with van der Waals surface area (Å²) < 4.78 is 32.6. The van der Waals surface area contributed by atoms with Crippen LogP contribution in [-0.4, -0.2) is 82.3 Å². The molecule has 0 heterocycles. The van der Waals surface area contributed by atoms with Crippen molar-refractivity contribution in [2.45, 2.75) is 231 Å². The molecule has 0 bridgehead atoms. The normalized spacial score (nSPS) is 14.9. The van der Waals surface area contributed by atoms with E-state index in [1.54, 1.807) is 0 Å². The summed E-state index contributed by atoms with van der Waals surface area (Å²) in [6, 6.07) is -1.56. The topological polar surface area (TPSA) is 212 Å². The first kappa shape index (κ1) is 59.6. The average molecular weight is 902 g/mol. The van der Waals surface area contributed by atoms with Gasteiger partial charge in [-0.3, -0.25) is 23.4 Å². The van der Waals surface area contributed by atoms with Crippen LogP contribution < -0.4 is 5.73 Å². The van der Waals surface area contributed by atoms with Gasteiger partial charge in [0.05, 0.1) is 25.4 Å². The van der Waals surface area contributed by atoms with Crippen LogP contribution in [0.4, 0.5) is 0 Å². The van der Waals surface area contributed by atoms with Gasteiger partial charge in [0.15, 0.2) is 6.10 Å². The summed E-state index contributed by atoms with van der Waals surface area (Å²) in [7, 11) is -4.79. The number of esters is 2. The monoisotopic (exact) mass is 902 g/mol. The molecule has 0 aliphatic carbocycles. The molecule has 5 atom stereocenters. The number of phosphoric acid groups is 1. The number of aliphatic carboxylic acids is 1. The van der Waals surface area contributed by atoms with Gasteiger partial charge < -0.3 is 35.4 Å². The Labute approximate surface area is 375 Å². The highest BCUT2D eigenvalue weighted by Crippen LogP contribution is 2.43. The van der Waals surface area contributed by atoms with Crippen LogP contribution >= 0.6 is 7.82 Å². The van der Waals surface area contributed by atoms with Crippen LogP contribution in [0.3, 0.4) is 0 Å². The lowest BCUT2D eigenvalue weighted by atomic mass is 10.0. The molecule has 0 aliphatic rings. The molecule has 0 saturated carbocycles. The van der Waals surface area contributed by atoms with E-state index in [4.69, 9.17) is 24.8 Å². The Kier molecular flexibility index (Phi) is 40.9. The fourth-order valence-electron chi connectivity index (χ4n) is 6.64. The fourth-order valence-corrected chi connectivity index (χ4v) is 7.42. The molecule has 13 nitrogen and oxygen atoms in total. The van der Waals surface area contributed by atoms with Gasteiger partial charge in [-0.1, -0.05) is 179 Å². The molecule has 0 saturated heterocycles. The maximum absolute atomic E-state index is 12.7. The van der Waals surface area contributed by atoms with Crippen LogP contribution in [0.5, 0.6) is 0 Å². The molecule has 6 N–H and O–H groups in total. The van der Waals surface area contributed by atoms with Crippen molar-refractivity contribution in [3.63, 3.8) is 0 Å². The molecule has 0 radical (unpaired) electrons. The number of ether oxygens (including phenoxy) is 2. The average Bonchev–Trinajstić information content (AvgIpc) is 3.24. The van der Waals surface area contributed by atoms with E-state index in [1.165, 1.54) is 116 Å². The summed E-state index contributed by atoms with van der Waals surface area (Å²) in [5.74, 6) is -2.69. The molecule has 0 spiro atoms. The summed E-state index contributed by atoms with van der Waals surface area (Å²) in [6.45, 7) is 2.51. The number of hydrogen-bond donors (Lipinski definition) is 5. The van der Waals surface area contributed by atoms with E-state index in [9.17, 15) is 34.1 Å². The highest BCUT2D eigenvalue weighted by atomic mass is 31.2. The summed E-state index contributed by atoms with van der Waals surface area (Å²) in [4.78, 5) is 46.1. The molecular formula is C48H88NO12P. The molecule has 0 aromatic rings. The molecule has 62 heavy (non-hydrogen) atoms. The summed E-state index contributed by atoms with van der Waals surface area (Å²) in [6.07, 6.45) is 39.5. The standard InChI is InChI=1S/C48H88NO12P/c1-3-5-7-9-11-13-15-17-18-19-20-21-22-23-25-27-29-31-33-37-47(53)61-42(40-59-62(56,57)60-41-43(49)48(54)55)39-58-46(52)38-34-36-45(51)44(50)35-32-30-28-26-24-16-14-12-10-8-6-4-2/h12,14,24,26,30,32,42-45,50-51H,3-11,13,15-23,25,27-29,31,33-41,49H2,1-2H3,(H,54,55)(H,56,57)/b14-12-,26-24-,32-30-/t42-,43+,44?,45?/m1/s1. The second-order valence-electron chi connectivity index (χ2n) is 16.6. The van der Waals surface area contributed by atoms with Gasteiger partial charge in [0, 0.05) is 12.8 Å². The summed E-state index contributed by atoms with van der Waals surface area (Å²) in [5, 5.41) is 29.6. The first-order valence-corrected chi connectivity index (χ1v) is 25.7. The number of allylic oxidation sites excluding steroid dienone is 5. The Hall–Kier alpha value is -2.38. The van der Waals surface area contributed by atoms with Gasteiger partial charge in [0.1, 0.15) is 12.6 Å². The zero-order chi connectivity index (χ0) is 45.9. The van der Waals surface area contributed by atoms with Crippen LogP contribution in [0.1, 0.15) is 206 Å². The third kappa shape index (κ3) is 40.4. The van der Waals surface area contributed by atoms with Gasteiger partial charge in [-0.2, -0.15) is 0 Å². The maximum Gasteiger partial charge on any atom is 0.472 e. The minimum Gasteiger partial charge on any atom is -0.480 e. The predicted molar refractivity (Wildman–Crippen MR) is 247 cm³/mol. The number of carboxylic acid groups (broad SMARTS) is 1.